The van der Waals surface area contributed by atoms with Gasteiger partial charge in [0.15, 0.2) is 0 Å². The molecule has 118 valence electrons. The fourth-order valence-electron chi connectivity index (χ4n) is 3.99. The average Bonchev–Trinajstić information content (AvgIpc) is 2.54. The first kappa shape index (κ1) is 16.3. The van der Waals surface area contributed by atoms with Gasteiger partial charge in [-0.3, -0.25) is 0 Å². The third kappa shape index (κ3) is 2.82. The minimum atomic E-state index is -0.970. The van der Waals surface area contributed by atoms with E-state index in [1.165, 1.54) is 6.42 Å². The second-order valence-corrected chi connectivity index (χ2v) is 6.63. The van der Waals surface area contributed by atoms with Crippen LogP contribution in [0, 0.1) is 11.3 Å². The van der Waals surface area contributed by atoms with Gasteiger partial charge in [0.2, 0.25) is 0 Å². The molecule has 1 saturated carbocycles. The van der Waals surface area contributed by atoms with Gasteiger partial charge in [-0.25, -0.2) is 0 Å². The molecular formula is C18H29NO2. The van der Waals surface area contributed by atoms with Crippen molar-refractivity contribution in [2.45, 2.75) is 51.6 Å². The fraction of sp³-hybridized carbons (Fsp3) is 0.667. The van der Waals surface area contributed by atoms with E-state index < -0.39 is 5.60 Å². The normalized spacial score (nSPS) is 28.9. The van der Waals surface area contributed by atoms with Crippen LogP contribution in [0.4, 0.5) is 0 Å². The topological polar surface area (TPSA) is 55.5 Å². The van der Waals surface area contributed by atoms with Crippen molar-refractivity contribution in [2.24, 2.45) is 17.1 Å². The van der Waals surface area contributed by atoms with E-state index in [1.807, 2.05) is 31.2 Å². The average molecular weight is 291 g/mol. The molecule has 0 heterocycles. The minimum absolute atomic E-state index is 0.263. The quantitative estimate of drug-likeness (QED) is 0.873. The molecule has 3 N–H and O–H groups in total. The maximum absolute atomic E-state index is 11.4. The van der Waals surface area contributed by atoms with Gasteiger partial charge in [-0.05, 0) is 31.7 Å². The second-order valence-electron chi connectivity index (χ2n) is 6.63. The van der Waals surface area contributed by atoms with Crippen LogP contribution in [-0.4, -0.2) is 18.8 Å². The molecule has 0 amide bonds. The van der Waals surface area contributed by atoms with Crippen molar-refractivity contribution < 1.29 is 9.84 Å². The van der Waals surface area contributed by atoms with Gasteiger partial charge < -0.3 is 15.6 Å². The standard InChI is InChI=1S/C18H29NO2/c1-4-14-8-7-11-18(12-14,13-19)17(2,20)15-9-5-6-10-16(15)21-3/h5-6,9-10,14,20H,4,7-8,11-13,19H2,1-3H3. The predicted molar refractivity (Wildman–Crippen MR) is 86.3 cm³/mol. The Balaban J connectivity index is 2.43. The van der Waals surface area contributed by atoms with E-state index in [0.717, 1.165) is 37.0 Å². The Morgan fingerprint density at radius 1 is 1.43 bits per heavy atom. The molecule has 3 nitrogen and oxygen atoms in total. The minimum Gasteiger partial charge on any atom is -0.496 e. The van der Waals surface area contributed by atoms with Crippen molar-refractivity contribution in [1.29, 1.82) is 0 Å². The Labute approximate surface area is 128 Å². The molecule has 2 rings (SSSR count). The molecule has 3 unspecified atom stereocenters. The summed E-state index contributed by atoms with van der Waals surface area (Å²) in [5.41, 5.74) is 5.79. The van der Waals surface area contributed by atoms with Crippen molar-refractivity contribution >= 4 is 0 Å². The number of nitrogens with two attached hydrogens (primary N) is 1. The lowest BCUT2D eigenvalue weighted by Crippen LogP contribution is -2.51. The molecular weight excluding hydrogens is 262 g/mol. The monoisotopic (exact) mass is 291 g/mol. The maximum atomic E-state index is 11.4. The van der Waals surface area contributed by atoms with E-state index in [0.29, 0.717) is 12.5 Å². The van der Waals surface area contributed by atoms with Gasteiger partial charge in [0.1, 0.15) is 5.75 Å². The summed E-state index contributed by atoms with van der Waals surface area (Å²) in [7, 11) is 1.65. The largest absolute Gasteiger partial charge is 0.496 e. The van der Waals surface area contributed by atoms with Crippen molar-refractivity contribution in [2.75, 3.05) is 13.7 Å². The Kier molecular flexibility index (Phi) is 4.95. The van der Waals surface area contributed by atoms with Gasteiger partial charge in [-0.1, -0.05) is 44.4 Å². The summed E-state index contributed by atoms with van der Waals surface area (Å²) in [5, 5.41) is 11.4. The zero-order chi connectivity index (χ0) is 15.5. The van der Waals surface area contributed by atoms with E-state index in [-0.39, 0.29) is 5.41 Å². The van der Waals surface area contributed by atoms with Gasteiger partial charge in [0.25, 0.3) is 0 Å². The lowest BCUT2D eigenvalue weighted by Gasteiger charge is -2.50. The van der Waals surface area contributed by atoms with Crippen molar-refractivity contribution in [3.8, 4) is 5.75 Å². The molecule has 0 spiro atoms. The van der Waals surface area contributed by atoms with Crippen LogP contribution < -0.4 is 10.5 Å². The molecule has 1 fully saturated rings. The lowest BCUT2D eigenvalue weighted by atomic mass is 9.59. The lowest BCUT2D eigenvalue weighted by molar-refractivity contribution is -0.103. The van der Waals surface area contributed by atoms with E-state index in [9.17, 15) is 5.11 Å². The molecule has 1 aliphatic carbocycles. The zero-order valence-electron chi connectivity index (χ0n) is 13.6. The zero-order valence-corrected chi connectivity index (χ0v) is 13.6. The van der Waals surface area contributed by atoms with Crippen LogP contribution in [0.2, 0.25) is 0 Å². The number of benzene rings is 1. The third-order valence-electron chi connectivity index (χ3n) is 5.58. The van der Waals surface area contributed by atoms with E-state index in [4.69, 9.17) is 10.5 Å². The van der Waals surface area contributed by atoms with Crippen LogP contribution in [0.25, 0.3) is 0 Å². The summed E-state index contributed by atoms with van der Waals surface area (Å²) in [6.07, 6.45) is 5.51. The Morgan fingerprint density at radius 3 is 2.76 bits per heavy atom. The Bertz CT molecular complexity index is 472. The van der Waals surface area contributed by atoms with E-state index in [2.05, 4.69) is 6.92 Å². The molecule has 0 radical (unpaired) electrons. The van der Waals surface area contributed by atoms with Crippen molar-refractivity contribution in [3.63, 3.8) is 0 Å². The molecule has 1 aromatic carbocycles. The molecule has 0 aromatic heterocycles. The first-order valence-electron chi connectivity index (χ1n) is 8.06. The molecule has 1 aliphatic rings. The van der Waals surface area contributed by atoms with E-state index in [1.54, 1.807) is 7.11 Å². The van der Waals surface area contributed by atoms with E-state index >= 15 is 0 Å². The Morgan fingerprint density at radius 2 is 2.14 bits per heavy atom. The summed E-state index contributed by atoms with van der Waals surface area (Å²) in [4.78, 5) is 0. The highest BCUT2D eigenvalue weighted by molar-refractivity contribution is 5.39. The van der Waals surface area contributed by atoms with Crippen molar-refractivity contribution in [1.82, 2.24) is 0 Å². The van der Waals surface area contributed by atoms with Crippen LogP contribution in [-0.2, 0) is 5.60 Å². The van der Waals surface area contributed by atoms with Crippen LogP contribution in [0.5, 0.6) is 5.75 Å². The fourth-order valence-corrected chi connectivity index (χ4v) is 3.99. The summed E-state index contributed by atoms with van der Waals surface area (Å²) < 4.78 is 5.46. The predicted octanol–water partition coefficient (Wildman–Crippen LogP) is 3.45. The molecule has 3 atom stereocenters. The third-order valence-corrected chi connectivity index (χ3v) is 5.58. The second kappa shape index (κ2) is 6.37. The summed E-state index contributed by atoms with van der Waals surface area (Å²) in [6, 6.07) is 7.76. The number of hydrogen-bond donors (Lipinski definition) is 2. The van der Waals surface area contributed by atoms with Gasteiger partial charge in [-0.15, -0.1) is 0 Å². The van der Waals surface area contributed by atoms with Crippen LogP contribution in [0.1, 0.15) is 51.5 Å². The SMILES string of the molecule is CCC1CCCC(CN)(C(C)(O)c2ccccc2OC)C1. The number of aliphatic hydroxyl groups is 1. The number of methoxy groups -OCH3 is 1. The molecule has 0 aliphatic heterocycles. The van der Waals surface area contributed by atoms with Crippen LogP contribution >= 0.6 is 0 Å². The Hall–Kier alpha value is -1.06. The summed E-state index contributed by atoms with van der Waals surface area (Å²) in [5.74, 6) is 1.40. The summed E-state index contributed by atoms with van der Waals surface area (Å²) in [6.45, 7) is 4.65. The molecule has 0 bridgehead atoms. The first-order valence-corrected chi connectivity index (χ1v) is 8.06. The first-order chi connectivity index (χ1) is 10.0. The number of rotatable bonds is 5. The van der Waals surface area contributed by atoms with Gasteiger partial charge in [-0.2, -0.15) is 0 Å². The highest BCUT2D eigenvalue weighted by Gasteiger charge is 2.50. The van der Waals surface area contributed by atoms with Gasteiger partial charge >= 0.3 is 0 Å². The molecule has 1 aromatic rings. The van der Waals surface area contributed by atoms with Crippen LogP contribution in [0.3, 0.4) is 0 Å². The molecule has 0 saturated heterocycles. The molecule has 21 heavy (non-hydrogen) atoms. The maximum Gasteiger partial charge on any atom is 0.124 e. The highest BCUT2D eigenvalue weighted by atomic mass is 16.5. The highest BCUT2D eigenvalue weighted by Crippen LogP contribution is 2.52. The van der Waals surface area contributed by atoms with Gasteiger partial charge in [0, 0.05) is 17.5 Å². The number of ether oxygens (including phenoxy) is 1. The summed E-state index contributed by atoms with van der Waals surface area (Å²) >= 11 is 0. The van der Waals surface area contributed by atoms with Gasteiger partial charge in [0.05, 0.1) is 12.7 Å². The van der Waals surface area contributed by atoms with Crippen LogP contribution in [0.15, 0.2) is 24.3 Å². The smallest absolute Gasteiger partial charge is 0.124 e. The number of hydrogen-bond acceptors (Lipinski definition) is 3. The van der Waals surface area contributed by atoms with Crippen molar-refractivity contribution in [3.05, 3.63) is 29.8 Å². The number of para-hydroxylation sites is 1. The molecule has 3 heteroatoms.